The van der Waals surface area contributed by atoms with Gasteiger partial charge in [-0.25, -0.2) is 4.79 Å². The van der Waals surface area contributed by atoms with Crippen molar-refractivity contribution in [3.05, 3.63) is 51.3 Å². The molecule has 20 heavy (non-hydrogen) atoms. The van der Waals surface area contributed by atoms with Gasteiger partial charge in [0.15, 0.2) is 0 Å². The van der Waals surface area contributed by atoms with E-state index in [9.17, 15) is 9.59 Å². The molecule has 0 unspecified atom stereocenters. The summed E-state index contributed by atoms with van der Waals surface area (Å²) in [5.41, 5.74) is 2.00. The average molecular weight is 337 g/mol. The minimum atomic E-state index is -1.08. The molecule has 1 heterocycles. The van der Waals surface area contributed by atoms with Crippen molar-refractivity contribution in [2.45, 2.75) is 13.8 Å². The maximum Gasteiger partial charge on any atom is 0.352 e. The number of hydrogen-bond acceptors (Lipinski definition) is 2. The van der Waals surface area contributed by atoms with Crippen LogP contribution in [0.15, 0.2) is 28.7 Å². The summed E-state index contributed by atoms with van der Waals surface area (Å²) in [6.07, 6.45) is 0. The molecule has 0 radical (unpaired) electrons. The van der Waals surface area contributed by atoms with Gasteiger partial charge in [-0.15, -0.1) is 0 Å². The number of aromatic carboxylic acids is 1. The Balaban J connectivity index is 2.35. The molecule has 0 saturated heterocycles. The molecule has 5 nitrogen and oxygen atoms in total. The lowest BCUT2D eigenvalue weighted by Crippen LogP contribution is -2.14. The molecule has 3 N–H and O–H groups in total. The van der Waals surface area contributed by atoms with Crippen molar-refractivity contribution in [1.82, 2.24) is 4.98 Å². The van der Waals surface area contributed by atoms with Crippen LogP contribution in [0.2, 0.25) is 0 Å². The van der Waals surface area contributed by atoms with Crippen molar-refractivity contribution >= 4 is 33.5 Å². The molecule has 104 valence electrons. The molecule has 1 aromatic carbocycles. The number of anilines is 1. The minimum absolute atomic E-state index is 0.0415. The van der Waals surface area contributed by atoms with Crippen LogP contribution in [0.1, 0.15) is 32.1 Å². The van der Waals surface area contributed by atoms with E-state index in [0.717, 1.165) is 4.47 Å². The first-order valence-corrected chi connectivity index (χ1v) is 6.69. The Morgan fingerprint density at radius 1 is 1.25 bits per heavy atom. The maximum atomic E-state index is 12.3. The highest BCUT2D eigenvalue weighted by molar-refractivity contribution is 9.10. The number of aryl methyl sites for hydroxylation is 1. The van der Waals surface area contributed by atoms with Crippen LogP contribution >= 0.6 is 15.9 Å². The molecule has 0 aliphatic rings. The van der Waals surface area contributed by atoms with Gasteiger partial charge in [-0.3, -0.25) is 4.79 Å². The van der Waals surface area contributed by atoms with Crippen molar-refractivity contribution in [2.75, 3.05) is 5.32 Å². The zero-order valence-corrected chi connectivity index (χ0v) is 12.5. The van der Waals surface area contributed by atoms with E-state index in [-0.39, 0.29) is 11.6 Å². The topological polar surface area (TPSA) is 82.2 Å². The molecule has 0 aliphatic carbocycles. The largest absolute Gasteiger partial charge is 0.477 e. The Morgan fingerprint density at radius 3 is 2.45 bits per heavy atom. The zero-order valence-electron chi connectivity index (χ0n) is 11.0. The molecular formula is C14H13BrN2O3. The fourth-order valence-corrected chi connectivity index (χ4v) is 2.44. The summed E-state index contributed by atoms with van der Waals surface area (Å²) in [6, 6.07) is 7.22. The Kier molecular flexibility index (Phi) is 3.94. The van der Waals surface area contributed by atoms with Gasteiger partial charge in [-0.1, -0.05) is 12.1 Å². The molecule has 0 spiro atoms. The number of para-hydroxylation sites is 1. The number of carboxylic acid groups (broad SMARTS) is 1. The molecule has 6 heteroatoms. The van der Waals surface area contributed by atoms with Crippen LogP contribution in [-0.2, 0) is 0 Å². The van der Waals surface area contributed by atoms with E-state index < -0.39 is 5.97 Å². The summed E-state index contributed by atoms with van der Waals surface area (Å²) >= 11 is 3.35. The molecule has 0 fully saturated rings. The van der Waals surface area contributed by atoms with Crippen molar-refractivity contribution in [1.29, 1.82) is 0 Å². The van der Waals surface area contributed by atoms with Crippen LogP contribution < -0.4 is 5.32 Å². The van der Waals surface area contributed by atoms with Gasteiger partial charge in [0.1, 0.15) is 5.69 Å². The van der Waals surface area contributed by atoms with Gasteiger partial charge in [0, 0.05) is 10.2 Å². The first-order valence-electron chi connectivity index (χ1n) is 5.90. The number of H-pyrrole nitrogens is 1. The number of benzene rings is 1. The predicted molar refractivity (Wildman–Crippen MR) is 79.3 cm³/mol. The molecule has 2 rings (SSSR count). The third-order valence-electron chi connectivity index (χ3n) is 3.00. The molecule has 1 amide bonds. The van der Waals surface area contributed by atoms with Gasteiger partial charge in [-0.05, 0) is 47.5 Å². The summed E-state index contributed by atoms with van der Waals surface area (Å²) in [5.74, 6) is -1.42. The van der Waals surface area contributed by atoms with Crippen LogP contribution in [0.3, 0.4) is 0 Å². The van der Waals surface area contributed by atoms with E-state index in [1.54, 1.807) is 26.0 Å². The predicted octanol–water partition coefficient (Wildman–Crippen LogP) is 3.34. The number of aromatic amines is 1. The highest BCUT2D eigenvalue weighted by atomic mass is 79.9. The van der Waals surface area contributed by atoms with E-state index >= 15 is 0 Å². The molecular weight excluding hydrogens is 324 g/mol. The maximum absolute atomic E-state index is 12.3. The van der Waals surface area contributed by atoms with Gasteiger partial charge in [0.2, 0.25) is 0 Å². The van der Waals surface area contributed by atoms with E-state index in [2.05, 4.69) is 26.2 Å². The van der Waals surface area contributed by atoms with E-state index in [0.29, 0.717) is 22.5 Å². The van der Waals surface area contributed by atoms with Gasteiger partial charge >= 0.3 is 5.97 Å². The average Bonchev–Trinajstić information content (AvgIpc) is 2.68. The quantitative estimate of drug-likeness (QED) is 0.803. The molecule has 0 saturated carbocycles. The third kappa shape index (κ3) is 2.60. The van der Waals surface area contributed by atoms with Crippen LogP contribution in [0.4, 0.5) is 5.69 Å². The first kappa shape index (κ1) is 14.3. The Labute approximate surface area is 124 Å². The Hall–Kier alpha value is -2.08. The smallest absolute Gasteiger partial charge is 0.352 e. The number of rotatable bonds is 3. The zero-order chi connectivity index (χ0) is 14.9. The number of carboxylic acids is 1. The summed E-state index contributed by atoms with van der Waals surface area (Å²) in [6.45, 7) is 3.29. The van der Waals surface area contributed by atoms with E-state index in [4.69, 9.17) is 5.11 Å². The molecule has 1 aromatic heterocycles. The summed E-state index contributed by atoms with van der Waals surface area (Å²) in [5, 5.41) is 11.8. The second-order valence-electron chi connectivity index (χ2n) is 4.36. The minimum Gasteiger partial charge on any atom is -0.477 e. The Morgan fingerprint density at radius 2 is 1.90 bits per heavy atom. The first-order chi connectivity index (χ1) is 9.41. The molecule has 2 aromatic rings. The fraction of sp³-hybridized carbons (Fsp3) is 0.143. The SMILES string of the molecule is Cc1[nH]c(C(=O)O)c(C)c1C(=O)Nc1ccccc1Br. The fourth-order valence-electron chi connectivity index (χ4n) is 2.05. The van der Waals surface area contributed by atoms with Crippen LogP contribution in [0.5, 0.6) is 0 Å². The number of nitrogens with one attached hydrogen (secondary N) is 2. The lowest BCUT2D eigenvalue weighted by molar-refractivity contribution is 0.0690. The molecule has 0 atom stereocenters. The van der Waals surface area contributed by atoms with E-state index in [1.807, 2.05) is 12.1 Å². The molecule has 0 aliphatic heterocycles. The lowest BCUT2D eigenvalue weighted by atomic mass is 10.1. The highest BCUT2D eigenvalue weighted by Crippen LogP contribution is 2.24. The summed E-state index contributed by atoms with van der Waals surface area (Å²) in [7, 11) is 0. The summed E-state index contributed by atoms with van der Waals surface area (Å²) in [4.78, 5) is 26.1. The highest BCUT2D eigenvalue weighted by Gasteiger charge is 2.21. The third-order valence-corrected chi connectivity index (χ3v) is 3.69. The van der Waals surface area contributed by atoms with Gasteiger partial charge in [0.05, 0.1) is 11.3 Å². The van der Waals surface area contributed by atoms with Crippen molar-refractivity contribution in [2.24, 2.45) is 0 Å². The second kappa shape index (κ2) is 5.50. The van der Waals surface area contributed by atoms with Crippen LogP contribution in [0, 0.1) is 13.8 Å². The number of carbonyl (C=O) groups excluding carboxylic acids is 1. The Bertz CT molecular complexity index is 692. The van der Waals surface area contributed by atoms with Gasteiger partial charge < -0.3 is 15.4 Å². The van der Waals surface area contributed by atoms with Crippen molar-refractivity contribution < 1.29 is 14.7 Å². The second-order valence-corrected chi connectivity index (χ2v) is 5.22. The molecule has 0 bridgehead atoms. The van der Waals surface area contributed by atoms with Crippen LogP contribution in [-0.4, -0.2) is 22.0 Å². The monoisotopic (exact) mass is 336 g/mol. The number of carbonyl (C=O) groups is 2. The van der Waals surface area contributed by atoms with Crippen molar-refractivity contribution in [3.63, 3.8) is 0 Å². The standard InChI is InChI=1S/C14H13BrN2O3/c1-7-11(8(2)16-12(7)14(19)20)13(18)17-10-6-4-3-5-9(10)15/h3-6,16H,1-2H3,(H,17,18)(H,19,20). The van der Waals surface area contributed by atoms with Crippen molar-refractivity contribution in [3.8, 4) is 0 Å². The number of amides is 1. The number of aromatic nitrogens is 1. The lowest BCUT2D eigenvalue weighted by Gasteiger charge is -2.07. The number of hydrogen-bond donors (Lipinski definition) is 3. The van der Waals surface area contributed by atoms with E-state index in [1.165, 1.54) is 0 Å². The normalized spacial score (nSPS) is 10.3. The number of halogens is 1. The van der Waals surface area contributed by atoms with Crippen LogP contribution in [0.25, 0.3) is 0 Å². The summed E-state index contributed by atoms with van der Waals surface area (Å²) < 4.78 is 0.762. The van der Waals surface area contributed by atoms with Gasteiger partial charge in [-0.2, -0.15) is 0 Å². The van der Waals surface area contributed by atoms with Gasteiger partial charge in [0.25, 0.3) is 5.91 Å².